The van der Waals surface area contributed by atoms with Crippen LogP contribution in [0.4, 0.5) is 5.69 Å². The Kier molecular flexibility index (Phi) is 8.20. The van der Waals surface area contributed by atoms with E-state index in [0.717, 1.165) is 32.8 Å². The van der Waals surface area contributed by atoms with Crippen LogP contribution in [0.2, 0.25) is 0 Å². The zero-order valence-electron chi connectivity index (χ0n) is 27.3. The molecule has 0 saturated heterocycles. The zero-order valence-corrected chi connectivity index (χ0v) is 28.0. The molecule has 49 heavy (non-hydrogen) atoms. The lowest BCUT2D eigenvalue weighted by Crippen LogP contribution is -2.30. The molecule has 1 amide bonds. The molecule has 0 aliphatic carbocycles. The number of phenols is 1. The fourth-order valence-electron chi connectivity index (χ4n) is 6.97. The van der Waals surface area contributed by atoms with Crippen molar-refractivity contribution in [3.05, 3.63) is 113 Å². The summed E-state index contributed by atoms with van der Waals surface area (Å²) in [7, 11) is 3.49. The Balaban J connectivity index is 1.08. The Morgan fingerprint density at radius 2 is 1.65 bits per heavy atom. The molecule has 1 unspecified atom stereocenters. The number of hydrogen-bond acceptors (Lipinski definition) is 6. The first-order valence-electron chi connectivity index (χ1n) is 16.0. The first-order valence-corrected chi connectivity index (χ1v) is 16.5. The fraction of sp³-hybridized carbons (Fsp3) is 0.237. The van der Waals surface area contributed by atoms with Crippen LogP contribution in [0, 0.1) is 0 Å². The first kappa shape index (κ1) is 32.1. The van der Waals surface area contributed by atoms with Gasteiger partial charge in [-0.2, -0.15) is 0 Å². The molecule has 2 N–H and O–H groups in total. The summed E-state index contributed by atoms with van der Waals surface area (Å²) in [5.74, 6) is 0.0586. The maximum absolute atomic E-state index is 13.9. The van der Waals surface area contributed by atoms with Gasteiger partial charge in [0.1, 0.15) is 17.2 Å². The minimum Gasteiger partial charge on any atom is -0.507 e. The van der Waals surface area contributed by atoms with E-state index in [4.69, 9.17) is 11.6 Å². The van der Waals surface area contributed by atoms with Gasteiger partial charge in [0.2, 0.25) is 5.78 Å². The standard InChI is InChI=1S/C38H34ClN5O5/c1-21(45)10-26-20-43(3)37(40-26)35(48)14-23-12-31(42(2)18-23)34(47)13-22-8-9-29-24(11-22)15-30(41-29)38(49)44-19-25(17-39)36-28-7-5-4-6-27(28)33(46)16-32(36)44/h4-9,11-12,15-16,18,20,25,41,46H,10,13-14,17,19H2,1-3H3. The van der Waals surface area contributed by atoms with Gasteiger partial charge in [-0.1, -0.05) is 30.3 Å². The third kappa shape index (κ3) is 5.93. The number of rotatable bonds is 10. The average Bonchev–Trinajstić information content (AvgIpc) is 3.84. The van der Waals surface area contributed by atoms with Gasteiger partial charge in [-0.3, -0.25) is 19.2 Å². The quantitative estimate of drug-likeness (QED) is 0.134. The molecule has 3 aromatic carbocycles. The Hall–Kier alpha value is -5.48. The van der Waals surface area contributed by atoms with Crippen molar-refractivity contribution < 1.29 is 24.3 Å². The van der Waals surface area contributed by atoms with Crippen LogP contribution >= 0.6 is 11.6 Å². The number of imidazole rings is 1. The van der Waals surface area contributed by atoms with Crippen molar-refractivity contribution in [2.45, 2.75) is 32.1 Å². The number of amides is 1. The second kappa shape index (κ2) is 12.5. The number of benzene rings is 3. The molecule has 0 bridgehead atoms. The van der Waals surface area contributed by atoms with Gasteiger partial charge in [0.05, 0.1) is 17.1 Å². The van der Waals surface area contributed by atoms with Gasteiger partial charge in [0, 0.05) is 86.4 Å². The summed E-state index contributed by atoms with van der Waals surface area (Å²) in [4.78, 5) is 61.0. The fourth-order valence-corrected chi connectivity index (χ4v) is 7.22. The Bertz CT molecular complexity index is 2330. The van der Waals surface area contributed by atoms with Crippen molar-refractivity contribution in [3.63, 3.8) is 0 Å². The third-order valence-corrected chi connectivity index (χ3v) is 9.55. The number of aromatic amines is 1. The predicted octanol–water partition coefficient (Wildman–Crippen LogP) is 6.06. The number of alkyl halides is 1. The molecule has 1 aliphatic rings. The van der Waals surface area contributed by atoms with Crippen LogP contribution in [-0.2, 0) is 38.2 Å². The maximum Gasteiger partial charge on any atom is 0.274 e. The number of halogens is 1. The van der Waals surface area contributed by atoms with Gasteiger partial charge in [-0.05, 0) is 53.3 Å². The van der Waals surface area contributed by atoms with Crippen molar-refractivity contribution in [3.8, 4) is 5.75 Å². The monoisotopic (exact) mass is 675 g/mol. The van der Waals surface area contributed by atoms with Crippen LogP contribution < -0.4 is 4.90 Å². The van der Waals surface area contributed by atoms with Crippen LogP contribution in [0.5, 0.6) is 5.75 Å². The number of Topliss-reactive ketones (excluding diaryl/α,β-unsaturated/α-hetero) is 3. The molecule has 1 aliphatic heterocycles. The number of aryl methyl sites for hydroxylation is 2. The van der Waals surface area contributed by atoms with E-state index in [1.54, 1.807) is 58.7 Å². The predicted molar refractivity (Wildman–Crippen MR) is 188 cm³/mol. The van der Waals surface area contributed by atoms with Crippen molar-refractivity contribution in [2.75, 3.05) is 17.3 Å². The number of nitrogens with one attached hydrogen (secondary N) is 1. The van der Waals surface area contributed by atoms with Crippen LogP contribution in [0.1, 0.15) is 66.8 Å². The maximum atomic E-state index is 13.9. The highest BCUT2D eigenvalue weighted by atomic mass is 35.5. The summed E-state index contributed by atoms with van der Waals surface area (Å²) in [6.45, 7) is 1.88. The number of H-pyrrole nitrogens is 1. The lowest BCUT2D eigenvalue weighted by Gasteiger charge is -2.17. The number of aromatic nitrogens is 4. The minimum absolute atomic E-state index is 0.0299. The smallest absolute Gasteiger partial charge is 0.274 e. The van der Waals surface area contributed by atoms with E-state index < -0.39 is 0 Å². The zero-order chi connectivity index (χ0) is 34.6. The normalized spacial score (nSPS) is 14.1. The number of carbonyl (C=O) groups is 4. The van der Waals surface area contributed by atoms with Crippen LogP contribution in [0.15, 0.2) is 73.1 Å². The topological polar surface area (TPSA) is 130 Å². The van der Waals surface area contributed by atoms with Gasteiger partial charge in [-0.25, -0.2) is 4.98 Å². The number of anilines is 1. The summed E-state index contributed by atoms with van der Waals surface area (Å²) in [6.07, 6.45) is 3.82. The van der Waals surface area contributed by atoms with Gasteiger partial charge in [0.25, 0.3) is 5.91 Å². The number of hydrogen-bond donors (Lipinski definition) is 2. The third-order valence-electron chi connectivity index (χ3n) is 9.17. The van der Waals surface area contributed by atoms with Crippen LogP contribution in [-0.4, -0.2) is 59.9 Å². The molecule has 3 aromatic heterocycles. The van der Waals surface area contributed by atoms with E-state index in [0.29, 0.717) is 40.8 Å². The Morgan fingerprint density at radius 3 is 2.41 bits per heavy atom. The number of fused-ring (bicyclic) bond motifs is 4. The SMILES string of the molecule is CC(=O)Cc1cn(C)c(C(=O)Cc2cc(C(=O)Cc3ccc4[nH]c(C(=O)N5CC(CCl)c6c5cc(O)c5ccccc65)cc4c3)n(C)c2)n1. The van der Waals surface area contributed by atoms with E-state index in [2.05, 4.69) is 9.97 Å². The van der Waals surface area contributed by atoms with Crippen molar-refractivity contribution in [2.24, 2.45) is 14.1 Å². The van der Waals surface area contributed by atoms with Crippen molar-refractivity contribution >= 4 is 62.2 Å². The lowest BCUT2D eigenvalue weighted by molar-refractivity contribution is -0.116. The molecule has 7 rings (SSSR count). The number of phenolic OH excluding ortho intramolecular Hbond substituents is 1. The summed E-state index contributed by atoms with van der Waals surface area (Å²) >= 11 is 6.37. The number of aromatic hydroxyl groups is 1. The van der Waals surface area contributed by atoms with Gasteiger partial charge in [-0.15, -0.1) is 11.6 Å². The minimum atomic E-state index is -0.233. The summed E-state index contributed by atoms with van der Waals surface area (Å²) in [5, 5.41) is 13.2. The molecule has 1 atom stereocenters. The summed E-state index contributed by atoms with van der Waals surface area (Å²) in [6, 6.07) is 18.3. The lowest BCUT2D eigenvalue weighted by atomic mass is 9.95. The molecule has 6 aromatic rings. The highest BCUT2D eigenvalue weighted by Crippen LogP contribution is 2.45. The van der Waals surface area contributed by atoms with Crippen molar-refractivity contribution in [1.82, 2.24) is 19.1 Å². The molecule has 0 spiro atoms. The van der Waals surface area contributed by atoms with Crippen LogP contribution in [0.3, 0.4) is 0 Å². The largest absolute Gasteiger partial charge is 0.507 e. The molecular formula is C38H34ClN5O5. The molecule has 0 fully saturated rings. The molecule has 11 heteroatoms. The highest BCUT2D eigenvalue weighted by Gasteiger charge is 2.35. The van der Waals surface area contributed by atoms with Crippen LogP contribution in [0.25, 0.3) is 21.7 Å². The Morgan fingerprint density at radius 1 is 0.898 bits per heavy atom. The first-order chi connectivity index (χ1) is 23.5. The second-order valence-corrected chi connectivity index (χ2v) is 13.1. The highest BCUT2D eigenvalue weighted by molar-refractivity contribution is 6.19. The van der Waals surface area contributed by atoms with E-state index in [9.17, 15) is 24.3 Å². The number of nitrogens with zero attached hydrogens (tertiary/aromatic N) is 4. The molecule has 0 saturated carbocycles. The van der Waals surface area contributed by atoms with Gasteiger partial charge < -0.3 is 24.1 Å². The number of ketones is 3. The van der Waals surface area contributed by atoms with Crippen molar-refractivity contribution in [1.29, 1.82) is 0 Å². The molecule has 10 nitrogen and oxygen atoms in total. The van der Waals surface area contributed by atoms with E-state index in [-0.39, 0.29) is 60.0 Å². The molecule has 248 valence electrons. The molecule has 0 radical (unpaired) electrons. The van der Waals surface area contributed by atoms with Gasteiger partial charge >= 0.3 is 0 Å². The Labute approximate surface area is 286 Å². The average molecular weight is 676 g/mol. The molecular weight excluding hydrogens is 642 g/mol. The van der Waals surface area contributed by atoms with E-state index in [1.807, 2.05) is 42.5 Å². The van der Waals surface area contributed by atoms with Gasteiger partial charge in [0.15, 0.2) is 11.6 Å². The summed E-state index contributed by atoms with van der Waals surface area (Å²) in [5.41, 5.74) is 5.26. The molecule has 4 heterocycles. The number of carbonyl (C=O) groups excluding carboxylic acids is 4. The van der Waals surface area contributed by atoms with E-state index in [1.165, 1.54) is 6.92 Å². The summed E-state index contributed by atoms with van der Waals surface area (Å²) < 4.78 is 3.35. The second-order valence-electron chi connectivity index (χ2n) is 12.8. The van der Waals surface area contributed by atoms with E-state index >= 15 is 0 Å².